The lowest BCUT2D eigenvalue weighted by Crippen LogP contribution is -2.41. The maximum absolute atomic E-state index is 12.5. The first-order valence-corrected chi connectivity index (χ1v) is 10.4. The summed E-state index contributed by atoms with van der Waals surface area (Å²) in [6.45, 7) is 3.74. The van der Waals surface area contributed by atoms with Gasteiger partial charge in [-0.2, -0.15) is 0 Å². The third kappa shape index (κ3) is 7.54. The molecular formula is C22H24Cl2N2O5. The highest BCUT2D eigenvalue weighted by Crippen LogP contribution is 2.23. The molecule has 31 heavy (non-hydrogen) atoms. The van der Waals surface area contributed by atoms with Gasteiger partial charge in [0.15, 0.2) is 0 Å². The van der Waals surface area contributed by atoms with Crippen molar-refractivity contribution in [1.82, 2.24) is 5.32 Å². The summed E-state index contributed by atoms with van der Waals surface area (Å²) < 4.78 is 0. The smallest absolute Gasteiger partial charge is 0.320 e. The second-order valence-electron chi connectivity index (χ2n) is 7.55. The van der Waals surface area contributed by atoms with Crippen LogP contribution in [0.5, 0.6) is 0 Å². The molecule has 0 spiro atoms. The van der Waals surface area contributed by atoms with E-state index in [-0.39, 0.29) is 12.5 Å². The van der Waals surface area contributed by atoms with E-state index in [4.69, 9.17) is 23.2 Å². The lowest BCUT2D eigenvalue weighted by atomic mass is 9.96. The Morgan fingerprint density at radius 3 is 2.00 bits per heavy atom. The van der Waals surface area contributed by atoms with Gasteiger partial charge in [-0.3, -0.25) is 14.4 Å². The van der Waals surface area contributed by atoms with Crippen molar-refractivity contribution in [2.45, 2.75) is 32.2 Å². The van der Waals surface area contributed by atoms with Crippen LogP contribution < -0.4 is 10.6 Å². The molecule has 2 atom stereocenters. The van der Waals surface area contributed by atoms with Crippen LogP contribution in [0.2, 0.25) is 10.0 Å². The van der Waals surface area contributed by atoms with Crippen LogP contribution in [0.1, 0.15) is 42.1 Å². The lowest BCUT2D eigenvalue weighted by molar-refractivity contribution is -0.142. The minimum atomic E-state index is -1.09. The first-order valence-electron chi connectivity index (χ1n) is 9.63. The van der Waals surface area contributed by atoms with E-state index in [1.54, 1.807) is 30.3 Å². The van der Waals surface area contributed by atoms with Crippen molar-refractivity contribution in [1.29, 1.82) is 0 Å². The van der Waals surface area contributed by atoms with Crippen LogP contribution in [0.4, 0.5) is 5.69 Å². The summed E-state index contributed by atoms with van der Waals surface area (Å²) in [6.07, 6.45) is 0.383. The molecule has 2 aromatic rings. The standard InChI is InChI=1S/C22H24Cl2N2O5/c1-12(2)7-19(22(30)31)25-11-18(21(28)29)13-3-5-14(6-4-13)20(27)26-17-9-15(23)8-16(24)10-17/h3-6,8-10,12,18-19,25H,7,11H2,1-2H3,(H,26,27)(H,28,29)(H,30,31). The topological polar surface area (TPSA) is 116 Å². The molecule has 0 radical (unpaired) electrons. The molecule has 0 bridgehead atoms. The second kappa shape index (κ2) is 11.1. The fourth-order valence-electron chi connectivity index (χ4n) is 3.05. The number of aliphatic carboxylic acids is 2. The van der Waals surface area contributed by atoms with Gasteiger partial charge in [0, 0.05) is 27.8 Å². The Morgan fingerprint density at radius 1 is 0.935 bits per heavy atom. The maximum atomic E-state index is 12.5. The van der Waals surface area contributed by atoms with Gasteiger partial charge in [-0.05, 0) is 48.2 Å². The number of nitrogens with one attached hydrogen (secondary N) is 2. The van der Waals surface area contributed by atoms with Gasteiger partial charge in [0.1, 0.15) is 6.04 Å². The second-order valence-corrected chi connectivity index (χ2v) is 8.43. The van der Waals surface area contributed by atoms with Crippen molar-refractivity contribution >= 4 is 46.7 Å². The average molecular weight is 467 g/mol. The Labute approximate surface area is 190 Å². The van der Waals surface area contributed by atoms with Crippen molar-refractivity contribution in [3.05, 3.63) is 63.6 Å². The largest absolute Gasteiger partial charge is 0.481 e. The molecule has 0 aliphatic carbocycles. The first kappa shape index (κ1) is 24.7. The van der Waals surface area contributed by atoms with E-state index in [1.807, 2.05) is 13.8 Å². The Balaban J connectivity index is 2.10. The third-order valence-electron chi connectivity index (χ3n) is 4.57. The van der Waals surface area contributed by atoms with Gasteiger partial charge < -0.3 is 20.8 Å². The van der Waals surface area contributed by atoms with E-state index in [2.05, 4.69) is 10.6 Å². The van der Waals surface area contributed by atoms with E-state index in [9.17, 15) is 24.6 Å². The SMILES string of the molecule is CC(C)CC(NCC(C(=O)O)c1ccc(C(=O)Nc2cc(Cl)cc(Cl)c2)cc1)C(=O)O. The summed E-state index contributed by atoms with van der Waals surface area (Å²) >= 11 is 11.9. The highest BCUT2D eigenvalue weighted by molar-refractivity contribution is 6.35. The van der Waals surface area contributed by atoms with Crippen LogP contribution in [-0.4, -0.2) is 40.6 Å². The molecule has 2 aromatic carbocycles. The Bertz CT molecular complexity index is 927. The van der Waals surface area contributed by atoms with Gasteiger partial charge in [-0.25, -0.2) is 0 Å². The van der Waals surface area contributed by atoms with E-state index >= 15 is 0 Å². The molecule has 0 saturated heterocycles. The summed E-state index contributed by atoms with van der Waals surface area (Å²) in [6, 6.07) is 9.92. The normalized spacial score (nSPS) is 12.9. The molecule has 0 fully saturated rings. The van der Waals surface area contributed by atoms with Crippen molar-refractivity contribution in [2.24, 2.45) is 5.92 Å². The third-order valence-corrected chi connectivity index (χ3v) is 5.00. The first-order chi connectivity index (χ1) is 14.6. The number of anilines is 1. The van der Waals surface area contributed by atoms with E-state index in [1.165, 1.54) is 12.1 Å². The molecule has 7 nitrogen and oxygen atoms in total. The predicted molar refractivity (Wildman–Crippen MR) is 120 cm³/mol. The molecular weight excluding hydrogens is 443 g/mol. The zero-order valence-electron chi connectivity index (χ0n) is 17.1. The summed E-state index contributed by atoms with van der Waals surface area (Å²) in [5.41, 5.74) is 1.21. The minimum absolute atomic E-state index is 0.0500. The van der Waals surface area contributed by atoms with Gasteiger partial charge >= 0.3 is 11.9 Å². The molecule has 166 valence electrons. The number of carbonyl (C=O) groups is 3. The predicted octanol–water partition coefficient (Wildman–Crippen LogP) is 4.50. The minimum Gasteiger partial charge on any atom is -0.481 e. The molecule has 0 aliphatic rings. The summed E-state index contributed by atoms with van der Waals surface area (Å²) in [5, 5.41) is 25.2. The maximum Gasteiger partial charge on any atom is 0.320 e. The number of hydrogen-bond acceptors (Lipinski definition) is 4. The monoisotopic (exact) mass is 466 g/mol. The molecule has 2 unspecified atom stereocenters. The zero-order valence-corrected chi connectivity index (χ0v) is 18.6. The molecule has 2 rings (SSSR count). The van der Waals surface area contributed by atoms with E-state index in [0.717, 1.165) is 0 Å². The van der Waals surface area contributed by atoms with Gasteiger partial charge in [0.05, 0.1) is 5.92 Å². The van der Waals surface area contributed by atoms with Crippen molar-refractivity contribution in [2.75, 3.05) is 11.9 Å². The van der Waals surface area contributed by atoms with Crippen molar-refractivity contribution in [3.8, 4) is 0 Å². The van der Waals surface area contributed by atoms with Crippen LogP contribution in [-0.2, 0) is 9.59 Å². The molecule has 1 amide bonds. The summed E-state index contributed by atoms with van der Waals surface area (Å²) in [7, 11) is 0. The van der Waals surface area contributed by atoms with Crippen molar-refractivity contribution < 1.29 is 24.6 Å². The highest BCUT2D eigenvalue weighted by atomic mass is 35.5. The molecule has 4 N–H and O–H groups in total. The van der Waals surface area contributed by atoms with Gasteiger partial charge in [-0.15, -0.1) is 0 Å². The molecule has 0 aliphatic heterocycles. The quantitative estimate of drug-likeness (QED) is 0.409. The molecule has 0 saturated carbocycles. The van der Waals surface area contributed by atoms with Crippen LogP contribution in [0, 0.1) is 5.92 Å². The van der Waals surface area contributed by atoms with Crippen LogP contribution in [0.3, 0.4) is 0 Å². The average Bonchev–Trinajstić information content (AvgIpc) is 2.66. The number of carboxylic acid groups (broad SMARTS) is 2. The fourth-order valence-corrected chi connectivity index (χ4v) is 3.57. The number of carbonyl (C=O) groups excluding carboxylic acids is 1. The zero-order chi connectivity index (χ0) is 23.1. The van der Waals surface area contributed by atoms with Crippen LogP contribution in [0.15, 0.2) is 42.5 Å². The number of amides is 1. The fraction of sp³-hybridized carbons (Fsp3) is 0.318. The number of rotatable bonds is 10. The van der Waals surface area contributed by atoms with Crippen LogP contribution >= 0.6 is 23.2 Å². The Morgan fingerprint density at radius 2 is 1.52 bits per heavy atom. The van der Waals surface area contributed by atoms with E-state index < -0.39 is 29.8 Å². The highest BCUT2D eigenvalue weighted by Gasteiger charge is 2.24. The lowest BCUT2D eigenvalue weighted by Gasteiger charge is -2.20. The Hall–Kier alpha value is -2.61. The van der Waals surface area contributed by atoms with Gasteiger partial charge in [-0.1, -0.05) is 49.2 Å². The van der Waals surface area contributed by atoms with Crippen molar-refractivity contribution in [3.63, 3.8) is 0 Å². The number of halogens is 2. The van der Waals surface area contributed by atoms with Gasteiger partial charge in [0.25, 0.3) is 5.91 Å². The van der Waals surface area contributed by atoms with Crippen LogP contribution in [0.25, 0.3) is 0 Å². The number of hydrogen-bond donors (Lipinski definition) is 4. The van der Waals surface area contributed by atoms with E-state index in [0.29, 0.717) is 33.3 Å². The summed E-state index contributed by atoms with van der Waals surface area (Å²) in [5.74, 6) is -3.34. The Kier molecular flexibility index (Phi) is 8.86. The molecule has 0 heterocycles. The molecule has 9 heteroatoms. The number of benzene rings is 2. The number of carboxylic acids is 2. The molecule has 0 aromatic heterocycles. The van der Waals surface area contributed by atoms with Gasteiger partial charge in [0.2, 0.25) is 0 Å². The summed E-state index contributed by atoms with van der Waals surface area (Å²) in [4.78, 5) is 35.6.